The minimum Gasteiger partial charge on any atom is -0.311 e. The molecule has 0 saturated carbocycles. The van der Waals surface area contributed by atoms with Crippen LogP contribution in [0.2, 0.25) is 0 Å². The van der Waals surface area contributed by atoms with E-state index >= 15 is 0 Å². The van der Waals surface area contributed by atoms with Crippen molar-refractivity contribution < 1.29 is 8.78 Å². The number of hydrogen-bond acceptors (Lipinski definition) is 10. The number of hydrogen-bond donors (Lipinski definition) is 0. The molecule has 0 aliphatic rings. The van der Waals surface area contributed by atoms with Gasteiger partial charge in [0, 0.05) is 44.9 Å². The van der Waals surface area contributed by atoms with Gasteiger partial charge < -0.3 is 4.90 Å². The van der Waals surface area contributed by atoms with Crippen LogP contribution in [0, 0.1) is 25.5 Å². The molecular weight excluding hydrogens is 687 g/mol. The van der Waals surface area contributed by atoms with Gasteiger partial charge in [-0.05, 0) is 74.0 Å². The van der Waals surface area contributed by atoms with Gasteiger partial charge in [-0.3, -0.25) is 9.59 Å². The third-order valence-corrected chi connectivity index (χ3v) is 10.1. The van der Waals surface area contributed by atoms with Crippen molar-refractivity contribution in [2.75, 3.05) is 4.90 Å². The monoisotopic (exact) mass is 708 g/mol. The third-order valence-electron chi connectivity index (χ3n) is 9.06. The lowest BCUT2D eigenvalue weighted by Crippen LogP contribution is -2.30. The number of aryl methyl sites for hydroxylation is 2. The molecule has 0 saturated heterocycles. The van der Waals surface area contributed by atoms with E-state index in [4.69, 9.17) is 0 Å². The van der Waals surface area contributed by atoms with Gasteiger partial charge in [-0.15, -0.1) is 0 Å². The number of nitrogens with zero attached hydrogens (tertiary/aromatic N) is 6. The highest BCUT2D eigenvalue weighted by atomic mass is 32.1. The minimum atomic E-state index is -1.11. The third kappa shape index (κ3) is 5.02. The first-order valence-electron chi connectivity index (χ1n) is 15.8. The highest BCUT2D eigenvalue weighted by Gasteiger charge is 2.21. The van der Waals surface area contributed by atoms with Crippen molar-refractivity contribution in [2.45, 2.75) is 13.8 Å². The Hall–Kier alpha value is -6.11. The van der Waals surface area contributed by atoms with Crippen LogP contribution in [0.1, 0.15) is 11.1 Å². The van der Waals surface area contributed by atoms with Gasteiger partial charge >= 0.3 is 0 Å². The van der Waals surface area contributed by atoms with Crippen molar-refractivity contribution >= 4 is 89.8 Å². The summed E-state index contributed by atoms with van der Waals surface area (Å²) in [6, 6.07) is 30.3. The summed E-state index contributed by atoms with van der Waals surface area (Å²) in [5.74, 6) is -2.03. The highest BCUT2D eigenvalue weighted by Crippen LogP contribution is 2.41. The molecule has 0 atom stereocenters. The Balaban J connectivity index is 1.21. The maximum atomic E-state index is 14.6. The first-order chi connectivity index (χ1) is 24.7. The standard InChI is InChI=1S/C39H22F2N6O2S2/c1-19-3-9-23(10-4-19)47(24-11-5-20(2)6-12-24)25-13-7-21(8-14-25)26-17-27-28(34-33(26)43-50-44-34)18-31(37-35(27)45-51-46-37)42-36-29-15-22(40)16-30(41)32(29)38(48)39(36)49/h3-18H,1-2H3/b42-36-. The van der Waals surface area contributed by atoms with Crippen LogP contribution in [0.25, 0.3) is 54.7 Å². The molecule has 2 heterocycles. The zero-order valence-electron chi connectivity index (χ0n) is 26.8. The van der Waals surface area contributed by atoms with Gasteiger partial charge in [0.25, 0.3) is 5.43 Å². The Morgan fingerprint density at radius 3 is 1.75 bits per heavy atom. The lowest BCUT2D eigenvalue weighted by atomic mass is 9.97. The Morgan fingerprint density at radius 1 is 0.588 bits per heavy atom. The van der Waals surface area contributed by atoms with Crippen molar-refractivity contribution in [3.8, 4) is 11.1 Å². The summed E-state index contributed by atoms with van der Waals surface area (Å²) in [7, 11) is 0. The summed E-state index contributed by atoms with van der Waals surface area (Å²) in [5, 5.41) is 0.370. The molecule has 0 N–H and O–H groups in total. The Bertz CT molecular complexity index is 2960. The average Bonchev–Trinajstić information content (AvgIpc) is 3.87. The van der Waals surface area contributed by atoms with Gasteiger partial charge in [0.1, 0.15) is 39.1 Å². The van der Waals surface area contributed by atoms with Crippen LogP contribution in [0.3, 0.4) is 0 Å². The molecule has 0 spiro atoms. The fourth-order valence-electron chi connectivity index (χ4n) is 6.54. The maximum Gasteiger partial charge on any atom is 0.252 e. The molecule has 9 aromatic rings. The van der Waals surface area contributed by atoms with E-state index in [0.29, 0.717) is 33.5 Å². The first-order valence-corrected chi connectivity index (χ1v) is 17.3. The summed E-state index contributed by atoms with van der Waals surface area (Å²) < 4.78 is 47.1. The van der Waals surface area contributed by atoms with Gasteiger partial charge in [-0.25, -0.2) is 13.8 Å². The quantitative estimate of drug-likeness (QED) is 0.165. The molecule has 0 fully saturated rings. The predicted molar refractivity (Wildman–Crippen MR) is 199 cm³/mol. The summed E-state index contributed by atoms with van der Waals surface area (Å²) >= 11 is 2.03. The van der Waals surface area contributed by atoms with Crippen LogP contribution < -0.4 is 21.1 Å². The molecule has 0 aliphatic carbocycles. The molecule has 2 aromatic heterocycles. The summed E-state index contributed by atoms with van der Waals surface area (Å²) in [6.45, 7) is 4.14. The molecule has 0 unspecified atom stereocenters. The summed E-state index contributed by atoms with van der Waals surface area (Å²) in [4.78, 5) is 32.3. The number of fused-ring (bicyclic) bond motifs is 6. The fourth-order valence-corrected chi connectivity index (χ4v) is 7.68. The molecule has 0 aliphatic heterocycles. The van der Waals surface area contributed by atoms with Gasteiger partial charge in [0.15, 0.2) is 0 Å². The maximum absolute atomic E-state index is 14.6. The van der Waals surface area contributed by atoms with Gasteiger partial charge in [-0.2, -0.15) is 17.5 Å². The lowest BCUT2D eigenvalue weighted by molar-refractivity contribution is 0.592. The molecule has 246 valence electrons. The largest absolute Gasteiger partial charge is 0.311 e. The van der Waals surface area contributed by atoms with E-state index in [9.17, 15) is 18.4 Å². The molecular formula is C39H22F2N6O2S2. The highest BCUT2D eigenvalue weighted by molar-refractivity contribution is 7.00. The SMILES string of the molecule is Cc1ccc(N(c2ccc(C)cc2)c2ccc(-c3cc4c(cc(/N=c5\c(=O)c(=O)c6c(F)cc(F)cc56)c5nsnc54)c4nsnc34)cc2)cc1. The summed E-state index contributed by atoms with van der Waals surface area (Å²) in [5.41, 5.74) is 7.45. The Kier molecular flexibility index (Phi) is 7.12. The van der Waals surface area contributed by atoms with Gasteiger partial charge in [0.05, 0.1) is 34.5 Å². The van der Waals surface area contributed by atoms with Crippen LogP contribution in [-0.4, -0.2) is 17.5 Å². The molecule has 0 radical (unpaired) electrons. The van der Waals surface area contributed by atoms with Crippen LogP contribution in [0.5, 0.6) is 0 Å². The molecule has 0 amide bonds. The molecule has 9 rings (SSSR count). The molecule has 12 heteroatoms. The average molecular weight is 709 g/mol. The number of benzene rings is 6. The lowest BCUT2D eigenvalue weighted by Gasteiger charge is -2.26. The number of anilines is 3. The van der Waals surface area contributed by atoms with Crippen molar-refractivity contribution in [2.24, 2.45) is 4.99 Å². The van der Waals surface area contributed by atoms with E-state index in [0.717, 1.165) is 63.1 Å². The summed E-state index contributed by atoms with van der Waals surface area (Å²) in [6.07, 6.45) is 0. The number of halogens is 2. The zero-order valence-corrected chi connectivity index (χ0v) is 28.4. The van der Waals surface area contributed by atoms with Crippen molar-refractivity contribution in [1.82, 2.24) is 17.5 Å². The molecule has 51 heavy (non-hydrogen) atoms. The van der Waals surface area contributed by atoms with Crippen LogP contribution >= 0.6 is 23.5 Å². The van der Waals surface area contributed by atoms with Crippen LogP contribution in [0.4, 0.5) is 31.5 Å². The van der Waals surface area contributed by atoms with Crippen LogP contribution in [-0.2, 0) is 0 Å². The zero-order chi connectivity index (χ0) is 35.0. The van der Waals surface area contributed by atoms with Gasteiger partial charge in [0.2, 0.25) is 5.43 Å². The second-order valence-corrected chi connectivity index (χ2v) is 13.4. The van der Waals surface area contributed by atoms with E-state index < -0.39 is 27.9 Å². The van der Waals surface area contributed by atoms with E-state index in [1.54, 1.807) is 6.07 Å². The first kappa shape index (κ1) is 30.9. The van der Waals surface area contributed by atoms with Crippen molar-refractivity contribution in [1.29, 1.82) is 0 Å². The van der Waals surface area contributed by atoms with Gasteiger partial charge in [-0.1, -0.05) is 47.5 Å². The number of rotatable bonds is 5. The molecule has 7 aromatic carbocycles. The van der Waals surface area contributed by atoms with Crippen molar-refractivity contribution in [3.05, 3.63) is 146 Å². The fraction of sp³-hybridized carbons (Fsp3) is 0.0513. The van der Waals surface area contributed by atoms with E-state index in [2.05, 4.69) is 114 Å². The van der Waals surface area contributed by atoms with E-state index in [-0.39, 0.29) is 16.4 Å². The normalized spacial score (nSPS) is 12.2. The Labute approximate surface area is 295 Å². The predicted octanol–water partition coefficient (Wildman–Crippen LogP) is 8.86. The second-order valence-electron chi connectivity index (χ2n) is 12.3. The van der Waals surface area contributed by atoms with E-state index in [1.165, 1.54) is 11.1 Å². The van der Waals surface area contributed by atoms with Crippen molar-refractivity contribution in [3.63, 3.8) is 0 Å². The smallest absolute Gasteiger partial charge is 0.252 e. The second kappa shape index (κ2) is 11.8. The Morgan fingerprint density at radius 2 is 1.12 bits per heavy atom. The minimum absolute atomic E-state index is 0.193. The molecule has 0 bridgehead atoms. The number of aromatic nitrogens is 4. The topological polar surface area (TPSA) is 101 Å². The van der Waals surface area contributed by atoms with E-state index in [1.807, 2.05) is 6.07 Å². The van der Waals surface area contributed by atoms with Crippen LogP contribution in [0.15, 0.2) is 112 Å². The molecule has 8 nitrogen and oxygen atoms in total.